The van der Waals surface area contributed by atoms with Crippen LogP contribution in [0.15, 0.2) is 48.5 Å². The zero-order chi connectivity index (χ0) is 14.5. The summed E-state index contributed by atoms with van der Waals surface area (Å²) >= 11 is 0. The van der Waals surface area contributed by atoms with Gasteiger partial charge in [0.2, 0.25) is 0 Å². The molecule has 104 valence electrons. The fourth-order valence-electron chi connectivity index (χ4n) is 1.87. The molecule has 0 spiro atoms. The number of benzene rings is 2. The van der Waals surface area contributed by atoms with E-state index in [4.69, 9.17) is 0 Å². The molecule has 0 heterocycles. The molecule has 0 saturated heterocycles. The Morgan fingerprint density at radius 3 is 2.00 bits per heavy atom. The molecule has 0 aliphatic rings. The molecule has 2 aromatic carbocycles. The van der Waals surface area contributed by atoms with Crippen LogP contribution in [0.1, 0.15) is 16.8 Å². The van der Waals surface area contributed by atoms with E-state index in [9.17, 15) is 13.6 Å². The highest BCUT2D eigenvalue weighted by molar-refractivity contribution is 5.96. The van der Waals surface area contributed by atoms with E-state index in [0.29, 0.717) is 18.5 Å². The normalized spacial score (nSPS) is 10.3. The standard InChI is InChI=1S/C16H15F2NO/c1-19(15-8-6-14(18)7-9-15)11-10-16(20)12-2-4-13(17)5-3-12/h2-9H,10-11H2,1H3. The number of hydrogen-bond donors (Lipinski definition) is 0. The van der Waals surface area contributed by atoms with E-state index in [1.807, 2.05) is 11.9 Å². The Labute approximate surface area is 116 Å². The molecule has 0 amide bonds. The van der Waals surface area contributed by atoms with Gasteiger partial charge in [-0.2, -0.15) is 0 Å². The second-order valence-electron chi connectivity index (χ2n) is 4.58. The van der Waals surface area contributed by atoms with Gasteiger partial charge in [0.1, 0.15) is 11.6 Å². The van der Waals surface area contributed by atoms with Crippen molar-refractivity contribution in [2.75, 3.05) is 18.5 Å². The lowest BCUT2D eigenvalue weighted by molar-refractivity contribution is 0.0985. The van der Waals surface area contributed by atoms with Crippen LogP contribution in [0, 0.1) is 11.6 Å². The quantitative estimate of drug-likeness (QED) is 0.776. The molecule has 0 fully saturated rings. The molecule has 0 aromatic heterocycles. The lowest BCUT2D eigenvalue weighted by Crippen LogP contribution is -2.21. The van der Waals surface area contributed by atoms with Crippen molar-refractivity contribution in [3.05, 3.63) is 65.7 Å². The van der Waals surface area contributed by atoms with Gasteiger partial charge in [0, 0.05) is 31.3 Å². The number of hydrogen-bond acceptors (Lipinski definition) is 2. The molecule has 0 N–H and O–H groups in total. The Bertz CT molecular complexity index is 578. The molecule has 0 aliphatic carbocycles. The molecule has 0 saturated carbocycles. The van der Waals surface area contributed by atoms with Gasteiger partial charge in [-0.15, -0.1) is 0 Å². The highest BCUT2D eigenvalue weighted by Gasteiger charge is 2.08. The zero-order valence-electron chi connectivity index (χ0n) is 11.1. The van der Waals surface area contributed by atoms with Gasteiger partial charge in [-0.3, -0.25) is 4.79 Å². The van der Waals surface area contributed by atoms with Gasteiger partial charge in [0.05, 0.1) is 0 Å². The van der Waals surface area contributed by atoms with E-state index in [-0.39, 0.29) is 17.4 Å². The Kier molecular flexibility index (Phi) is 4.45. The van der Waals surface area contributed by atoms with Crippen molar-refractivity contribution in [1.29, 1.82) is 0 Å². The van der Waals surface area contributed by atoms with Gasteiger partial charge in [0.15, 0.2) is 5.78 Å². The second kappa shape index (κ2) is 6.28. The first kappa shape index (κ1) is 14.2. The molecule has 4 heteroatoms. The molecule has 2 nitrogen and oxygen atoms in total. The fourth-order valence-corrected chi connectivity index (χ4v) is 1.87. The number of nitrogens with zero attached hydrogens (tertiary/aromatic N) is 1. The minimum Gasteiger partial charge on any atom is -0.374 e. The minimum absolute atomic E-state index is 0.0426. The largest absolute Gasteiger partial charge is 0.374 e. The highest BCUT2D eigenvalue weighted by Crippen LogP contribution is 2.14. The van der Waals surface area contributed by atoms with E-state index in [1.54, 1.807) is 12.1 Å². The molecular weight excluding hydrogens is 260 g/mol. The third-order valence-corrected chi connectivity index (χ3v) is 3.11. The van der Waals surface area contributed by atoms with E-state index in [1.165, 1.54) is 36.4 Å². The summed E-state index contributed by atoms with van der Waals surface area (Å²) in [5.74, 6) is -0.687. The SMILES string of the molecule is CN(CCC(=O)c1ccc(F)cc1)c1ccc(F)cc1. The highest BCUT2D eigenvalue weighted by atomic mass is 19.1. The van der Waals surface area contributed by atoms with Gasteiger partial charge in [-0.1, -0.05) is 0 Å². The lowest BCUT2D eigenvalue weighted by atomic mass is 10.1. The number of Topliss-reactive ketones (excluding diaryl/α,β-unsaturated/α-hetero) is 1. The predicted octanol–water partition coefficient (Wildman–Crippen LogP) is 3.67. The maximum atomic E-state index is 12.8. The van der Waals surface area contributed by atoms with Gasteiger partial charge in [-0.05, 0) is 48.5 Å². The predicted molar refractivity (Wildman–Crippen MR) is 75.0 cm³/mol. The number of rotatable bonds is 5. The molecule has 0 radical (unpaired) electrons. The number of carbonyl (C=O) groups is 1. The third kappa shape index (κ3) is 3.63. The Balaban J connectivity index is 1.92. The third-order valence-electron chi connectivity index (χ3n) is 3.11. The molecule has 20 heavy (non-hydrogen) atoms. The molecule has 2 rings (SSSR count). The average molecular weight is 275 g/mol. The smallest absolute Gasteiger partial charge is 0.164 e. The number of halogens is 2. The van der Waals surface area contributed by atoms with Crippen LogP contribution < -0.4 is 4.90 Å². The van der Waals surface area contributed by atoms with Crippen molar-refractivity contribution in [3.8, 4) is 0 Å². The number of carbonyl (C=O) groups excluding carboxylic acids is 1. The number of anilines is 1. The molecule has 0 unspecified atom stereocenters. The van der Waals surface area contributed by atoms with E-state index in [2.05, 4.69) is 0 Å². The van der Waals surface area contributed by atoms with Crippen LogP contribution in [0.25, 0.3) is 0 Å². The summed E-state index contributed by atoms with van der Waals surface area (Å²) in [6.45, 7) is 0.516. The van der Waals surface area contributed by atoms with Crippen LogP contribution in [-0.4, -0.2) is 19.4 Å². The zero-order valence-corrected chi connectivity index (χ0v) is 11.1. The summed E-state index contributed by atoms with van der Waals surface area (Å²) < 4.78 is 25.6. The van der Waals surface area contributed by atoms with Gasteiger partial charge in [0.25, 0.3) is 0 Å². The summed E-state index contributed by atoms with van der Waals surface area (Å²) in [6.07, 6.45) is 0.319. The van der Waals surface area contributed by atoms with Gasteiger partial charge >= 0.3 is 0 Å². The first-order valence-corrected chi connectivity index (χ1v) is 6.32. The molecule has 2 aromatic rings. The van der Waals surface area contributed by atoms with E-state index in [0.717, 1.165) is 5.69 Å². The van der Waals surface area contributed by atoms with Crippen LogP contribution in [0.2, 0.25) is 0 Å². The maximum Gasteiger partial charge on any atom is 0.164 e. The fraction of sp³-hybridized carbons (Fsp3) is 0.188. The molecular formula is C16H15F2NO. The maximum absolute atomic E-state index is 12.8. The van der Waals surface area contributed by atoms with Crippen molar-refractivity contribution in [3.63, 3.8) is 0 Å². The van der Waals surface area contributed by atoms with Crippen LogP contribution >= 0.6 is 0 Å². The van der Waals surface area contributed by atoms with Gasteiger partial charge in [-0.25, -0.2) is 8.78 Å². The van der Waals surface area contributed by atoms with Crippen molar-refractivity contribution < 1.29 is 13.6 Å². The van der Waals surface area contributed by atoms with E-state index >= 15 is 0 Å². The Hall–Kier alpha value is -2.23. The number of ketones is 1. The van der Waals surface area contributed by atoms with Crippen LogP contribution in [0.3, 0.4) is 0 Å². The first-order valence-electron chi connectivity index (χ1n) is 6.32. The first-order chi connectivity index (χ1) is 9.56. The monoisotopic (exact) mass is 275 g/mol. The van der Waals surface area contributed by atoms with Crippen LogP contribution in [-0.2, 0) is 0 Å². The van der Waals surface area contributed by atoms with E-state index < -0.39 is 0 Å². The summed E-state index contributed by atoms with van der Waals surface area (Å²) in [5, 5.41) is 0. The molecule has 0 aliphatic heterocycles. The van der Waals surface area contributed by atoms with Crippen LogP contribution in [0.5, 0.6) is 0 Å². The summed E-state index contributed by atoms with van der Waals surface area (Å²) in [5.41, 5.74) is 1.34. The van der Waals surface area contributed by atoms with Crippen molar-refractivity contribution in [1.82, 2.24) is 0 Å². The second-order valence-corrected chi connectivity index (χ2v) is 4.58. The summed E-state index contributed by atoms with van der Waals surface area (Å²) in [4.78, 5) is 13.8. The Morgan fingerprint density at radius 1 is 0.950 bits per heavy atom. The summed E-state index contributed by atoms with van der Waals surface area (Å²) in [7, 11) is 1.84. The van der Waals surface area contributed by atoms with Crippen LogP contribution in [0.4, 0.5) is 14.5 Å². The lowest BCUT2D eigenvalue weighted by Gasteiger charge is -2.18. The molecule has 0 atom stereocenters. The van der Waals surface area contributed by atoms with Crippen molar-refractivity contribution in [2.24, 2.45) is 0 Å². The van der Waals surface area contributed by atoms with Gasteiger partial charge < -0.3 is 4.90 Å². The topological polar surface area (TPSA) is 20.3 Å². The van der Waals surface area contributed by atoms with Crippen molar-refractivity contribution in [2.45, 2.75) is 6.42 Å². The minimum atomic E-state index is -0.356. The molecule has 0 bridgehead atoms. The Morgan fingerprint density at radius 2 is 1.45 bits per heavy atom. The van der Waals surface area contributed by atoms with Crippen molar-refractivity contribution >= 4 is 11.5 Å². The summed E-state index contributed by atoms with van der Waals surface area (Å²) in [6, 6.07) is 11.6. The average Bonchev–Trinajstić information content (AvgIpc) is 2.46.